The van der Waals surface area contributed by atoms with Crippen molar-refractivity contribution in [1.29, 1.82) is 0 Å². The number of anilines is 1. The van der Waals surface area contributed by atoms with E-state index in [9.17, 15) is 0 Å². The van der Waals surface area contributed by atoms with E-state index < -0.39 is 0 Å². The Labute approximate surface area is 126 Å². The molecular formula is C15H25N3O3. The van der Waals surface area contributed by atoms with Gasteiger partial charge in [0, 0.05) is 33.3 Å². The molecule has 1 aliphatic carbocycles. The van der Waals surface area contributed by atoms with Gasteiger partial charge < -0.3 is 19.5 Å². The minimum absolute atomic E-state index is 0.156. The van der Waals surface area contributed by atoms with Crippen molar-refractivity contribution in [2.75, 3.05) is 26.1 Å². The highest BCUT2D eigenvalue weighted by Gasteiger charge is 2.23. The molecule has 6 heteroatoms. The van der Waals surface area contributed by atoms with E-state index in [1.165, 1.54) is 0 Å². The summed E-state index contributed by atoms with van der Waals surface area (Å²) in [5.74, 6) is 2.01. The molecule has 0 aliphatic heterocycles. The molecule has 1 aliphatic rings. The number of ether oxygens (including phenoxy) is 3. The standard InChI is InChI=1S/C15H25N3O3/c1-4-16-13-9-15(18-14(17-13)10-19-2)21-12-7-5-6-11(8-12)20-3/h9,11-12H,4-8,10H2,1-3H3,(H,16,17,18). The first-order valence-electron chi connectivity index (χ1n) is 7.55. The maximum absolute atomic E-state index is 6.03. The number of nitrogens with zero attached hydrogens (tertiary/aromatic N) is 2. The van der Waals surface area contributed by atoms with Crippen molar-refractivity contribution in [2.24, 2.45) is 0 Å². The van der Waals surface area contributed by atoms with E-state index >= 15 is 0 Å². The Morgan fingerprint density at radius 2 is 2.05 bits per heavy atom. The van der Waals surface area contributed by atoms with Crippen LogP contribution in [0.5, 0.6) is 5.88 Å². The van der Waals surface area contributed by atoms with Crippen LogP contribution >= 0.6 is 0 Å². The summed E-state index contributed by atoms with van der Waals surface area (Å²) in [6.07, 6.45) is 4.63. The lowest BCUT2D eigenvalue weighted by molar-refractivity contribution is 0.0193. The van der Waals surface area contributed by atoms with E-state index in [4.69, 9.17) is 14.2 Å². The fourth-order valence-corrected chi connectivity index (χ4v) is 2.59. The summed E-state index contributed by atoms with van der Waals surface area (Å²) in [7, 11) is 3.39. The molecule has 2 rings (SSSR count). The van der Waals surface area contributed by atoms with Crippen LogP contribution in [-0.2, 0) is 16.1 Å². The molecule has 1 N–H and O–H groups in total. The molecule has 21 heavy (non-hydrogen) atoms. The Morgan fingerprint density at radius 1 is 1.24 bits per heavy atom. The molecule has 0 aromatic carbocycles. The van der Waals surface area contributed by atoms with Gasteiger partial charge in [0.05, 0.1) is 6.10 Å². The van der Waals surface area contributed by atoms with Crippen LogP contribution in [0.1, 0.15) is 38.4 Å². The molecule has 6 nitrogen and oxygen atoms in total. The minimum atomic E-state index is 0.156. The number of methoxy groups -OCH3 is 2. The second-order valence-electron chi connectivity index (χ2n) is 5.24. The third kappa shape index (κ3) is 4.82. The Kier molecular flexibility index (Phi) is 6.20. The molecule has 2 unspecified atom stereocenters. The van der Waals surface area contributed by atoms with Crippen LogP contribution in [0.3, 0.4) is 0 Å². The van der Waals surface area contributed by atoms with E-state index in [-0.39, 0.29) is 12.2 Å². The van der Waals surface area contributed by atoms with E-state index in [2.05, 4.69) is 15.3 Å². The lowest BCUT2D eigenvalue weighted by atomic mass is 9.95. The van der Waals surface area contributed by atoms with Crippen LogP contribution in [0, 0.1) is 0 Å². The first-order chi connectivity index (χ1) is 10.2. The first kappa shape index (κ1) is 16.0. The quantitative estimate of drug-likeness (QED) is 0.833. The summed E-state index contributed by atoms with van der Waals surface area (Å²) in [4.78, 5) is 8.80. The lowest BCUT2D eigenvalue weighted by Gasteiger charge is -2.28. The predicted molar refractivity (Wildman–Crippen MR) is 80.6 cm³/mol. The Hall–Kier alpha value is -1.40. The molecule has 1 aromatic rings. The van der Waals surface area contributed by atoms with Crippen molar-refractivity contribution in [3.05, 3.63) is 11.9 Å². The van der Waals surface area contributed by atoms with Gasteiger partial charge in [-0.05, 0) is 26.2 Å². The van der Waals surface area contributed by atoms with Gasteiger partial charge in [0.25, 0.3) is 0 Å². The second kappa shape index (κ2) is 8.14. The number of hydrogen-bond acceptors (Lipinski definition) is 6. The SMILES string of the molecule is CCNc1cc(OC2CCCC(OC)C2)nc(COC)n1. The molecule has 0 amide bonds. The normalized spacial score (nSPS) is 22.0. The zero-order valence-electron chi connectivity index (χ0n) is 13.1. The van der Waals surface area contributed by atoms with Crippen molar-refractivity contribution in [3.63, 3.8) is 0 Å². The first-order valence-corrected chi connectivity index (χ1v) is 7.55. The van der Waals surface area contributed by atoms with Gasteiger partial charge in [-0.25, -0.2) is 4.98 Å². The maximum atomic E-state index is 6.03. The molecule has 1 aromatic heterocycles. The van der Waals surface area contributed by atoms with Crippen LogP contribution in [0.4, 0.5) is 5.82 Å². The third-order valence-electron chi connectivity index (χ3n) is 3.58. The van der Waals surface area contributed by atoms with Crippen LogP contribution in [0.2, 0.25) is 0 Å². The highest BCUT2D eigenvalue weighted by atomic mass is 16.5. The van der Waals surface area contributed by atoms with E-state index in [0.717, 1.165) is 38.0 Å². The smallest absolute Gasteiger partial charge is 0.219 e. The number of hydrogen-bond donors (Lipinski definition) is 1. The second-order valence-corrected chi connectivity index (χ2v) is 5.24. The van der Waals surface area contributed by atoms with Crippen LogP contribution < -0.4 is 10.1 Å². The van der Waals surface area contributed by atoms with Gasteiger partial charge >= 0.3 is 0 Å². The summed E-state index contributed by atoms with van der Waals surface area (Å²) >= 11 is 0. The van der Waals surface area contributed by atoms with Gasteiger partial charge in [0.15, 0.2) is 5.82 Å². The molecule has 118 valence electrons. The summed E-state index contributed by atoms with van der Waals surface area (Å²) in [5, 5.41) is 3.19. The van der Waals surface area contributed by atoms with Gasteiger partial charge in [-0.15, -0.1) is 0 Å². The third-order valence-corrected chi connectivity index (χ3v) is 3.58. The van der Waals surface area contributed by atoms with Gasteiger partial charge in [0.2, 0.25) is 5.88 Å². The molecule has 0 radical (unpaired) electrons. The zero-order chi connectivity index (χ0) is 15.1. The molecule has 0 saturated heterocycles. The molecule has 1 saturated carbocycles. The fourth-order valence-electron chi connectivity index (χ4n) is 2.59. The van der Waals surface area contributed by atoms with Crippen LogP contribution in [0.15, 0.2) is 6.07 Å². The summed E-state index contributed by atoms with van der Waals surface area (Å²) < 4.78 is 16.6. The van der Waals surface area contributed by atoms with Gasteiger partial charge in [0.1, 0.15) is 18.5 Å². The highest BCUT2D eigenvalue weighted by Crippen LogP contribution is 2.25. The Morgan fingerprint density at radius 3 is 2.76 bits per heavy atom. The van der Waals surface area contributed by atoms with E-state index in [1.807, 2.05) is 13.0 Å². The Bertz CT molecular complexity index is 418. The summed E-state index contributed by atoms with van der Waals surface area (Å²) in [6.45, 7) is 3.21. The predicted octanol–water partition coefficient (Wildman–Crippen LogP) is 2.39. The zero-order valence-corrected chi connectivity index (χ0v) is 13.1. The van der Waals surface area contributed by atoms with Gasteiger partial charge in [-0.1, -0.05) is 0 Å². The molecule has 0 bridgehead atoms. The Balaban J connectivity index is 2.06. The van der Waals surface area contributed by atoms with Crippen molar-refractivity contribution < 1.29 is 14.2 Å². The number of nitrogens with one attached hydrogen (secondary N) is 1. The number of aromatic nitrogens is 2. The molecule has 1 fully saturated rings. The molecule has 1 heterocycles. The monoisotopic (exact) mass is 295 g/mol. The van der Waals surface area contributed by atoms with Crippen molar-refractivity contribution in [2.45, 2.75) is 51.4 Å². The minimum Gasteiger partial charge on any atom is -0.474 e. The average molecular weight is 295 g/mol. The average Bonchev–Trinajstić information content (AvgIpc) is 2.48. The van der Waals surface area contributed by atoms with Crippen LogP contribution in [-0.4, -0.2) is 42.9 Å². The highest BCUT2D eigenvalue weighted by molar-refractivity contribution is 5.38. The van der Waals surface area contributed by atoms with Crippen molar-refractivity contribution >= 4 is 5.82 Å². The maximum Gasteiger partial charge on any atom is 0.219 e. The largest absolute Gasteiger partial charge is 0.474 e. The molecule has 2 atom stereocenters. The lowest BCUT2D eigenvalue weighted by Crippen LogP contribution is -2.29. The van der Waals surface area contributed by atoms with Gasteiger partial charge in [-0.3, -0.25) is 0 Å². The molecular weight excluding hydrogens is 270 g/mol. The van der Waals surface area contributed by atoms with Crippen molar-refractivity contribution in [1.82, 2.24) is 9.97 Å². The topological polar surface area (TPSA) is 65.5 Å². The van der Waals surface area contributed by atoms with Crippen LogP contribution in [0.25, 0.3) is 0 Å². The summed E-state index contributed by atoms with van der Waals surface area (Å²) in [6, 6.07) is 1.85. The summed E-state index contributed by atoms with van der Waals surface area (Å²) in [5.41, 5.74) is 0. The molecule has 0 spiro atoms. The van der Waals surface area contributed by atoms with Gasteiger partial charge in [-0.2, -0.15) is 4.98 Å². The van der Waals surface area contributed by atoms with Crippen molar-refractivity contribution in [3.8, 4) is 5.88 Å². The number of rotatable bonds is 7. The van der Waals surface area contributed by atoms with E-state index in [0.29, 0.717) is 18.3 Å². The van der Waals surface area contributed by atoms with E-state index in [1.54, 1.807) is 14.2 Å². The fraction of sp³-hybridized carbons (Fsp3) is 0.733.